The molecule has 2 heterocycles. The van der Waals surface area contributed by atoms with E-state index in [0.717, 1.165) is 83.5 Å². The second-order valence-corrected chi connectivity index (χ2v) is 21.1. The molecule has 2 rings (SSSR count). The van der Waals surface area contributed by atoms with Crippen LogP contribution in [-0.4, -0.2) is 140 Å². The van der Waals surface area contributed by atoms with Gasteiger partial charge in [-0.05, 0) is 77.0 Å². The second-order valence-electron chi connectivity index (χ2n) is 21.1. The summed E-state index contributed by atoms with van der Waals surface area (Å²) >= 11 is 0. The van der Waals surface area contributed by atoms with Crippen LogP contribution in [0.1, 0.15) is 219 Å². The van der Waals surface area contributed by atoms with E-state index in [1.807, 2.05) is 6.08 Å². The molecule has 0 aromatic heterocycles. The van der Waals surface area contributed by atoms with Gasteiger partial charge in [0, 0.05) is 6.42 Å². The fraction of sp³-hybridized carbons (Fsp3) is 0.790. The van der Waals surface area contributed by atoms with Gasteiger partial charge in [0.15, 0.2) is 12.6 Å². The monoisotopic (exact) mass is 1080 g/mol. The molecule has 0 aliphatic carbocycles. The van der Waals surface area contributed by atoms with Crippen LogP contribution in [0.15, 0.2) is 72.9 Å². The lowest BCUT2D eigenvalue weighted by molar-refractivity contribution is -0.359. The number of hydrogen-bond acceptors (Lipinski definition) is 13. The van der Waals surface area contributed by atoms with Gasteiger partial charge in [-0.15, -0.1) is 0 Å². The molecule has 0 spiro atoms. The molecule has 0 bridgehead atoms. The van der Waals surface area contributed by atoms with Crippen molar-refractivity contribution in [2.45, 2.75) is 293 Å². The molecule has 2 aliphatic heterocycles. The number of aliphatic hydroxyl groups is 8. The zero-order valence-electron chi connectivity index (χ0n) is 47.2. The smallest absolute Gasteiger partial charge is 0.220 e. The normalized spacial score (nSPS) is 25.4. The van der Waals surface area contributed by atoms with Crippen LogP contribution in [0.3, 0.4) is 0 Å². The summed E-state index contributed by atoms with van der Waals surface area (Å²) in [7, 11) is 0. The number of unbranched alkanes of at least 4 members (excludes halogenated alkanes) is 24. The molecule has 14 nitrogen and oxygen atoms in total. The third kappa shape index (κ3) is 32.5. The Morgan fingerprint density at radius 1 is 0.487 bits per heavy atom. The molecule has 0 radical (unpaired) electrons. The van der Waals surface area contributed by atoms with E-state index in [2.05, 4.69) is 79.9 Å². The fourth-order valence-corrected chi connectivity index (χ4v) is 9.51. The minimum absolute atomic E-state index is 0.255. The van der Waals surface area contributed by atoms with Crippen LogP contribution in [0.5, 0.6) is 0 Å². The summed E-state index contributed by atoms with van der Waals surface area (Å²) in [5.74, 6) is -0.265. The zero-order chi connectivity index (χ0) is 55.3. The third-order valence-electron chi connectivity index (χ3n) is 14.4. The van der Waals surface area contributed by atoms with Crippen LogP contribution in [-0.2, 0) is 23.7 Å². The first-order chi connectivity index (χ1) is 37.1. The standard InChI is InChI=1S/C62H109NO13/c1-3-5-7-9-11-13-15-17-19-21-22-23-24-25-26-27-28-30-31-33-35-37-39-41-43-45-51(66)50(63-54(67)46-44-42-40-38-36-34-32-29-20-18-16-14-12-10-8-6-4-2)49-73-61-59(72)57(70)60(53(48-65)75-61)76-62-58(71)56(69)55(68)52(47-64)74-62/h6,8,12,14,18,20,28,30,35,37,43,45,50-53,55-62,64-66,68-72H,3-5,7,9-11,13,15-17,19,21-27,29,31-34,36,38-42,44,46-49H2,1-2H3,(H,63,67)/b8-6-,14-12-,20-18-,30-28+,37-35+,45-43+. The highest BCUT2D eigenvalue weighted by molar-refractivity contribution is 5.76. The summed E-state index contributed by atoms with van der Waals surface area (Å²) in [4.78, 5) is 13.2. The number of carbonyl (C=O) groups is 1. The van der Waals surface area contributed by atoms with Crippen molar-refractivity contribution in [3.05, 3.63) is 72.9 Å². The molecule has 14 heteroatoms. The number of rotatable bonds is 47. The first-order valence-electron chi connectivity index (χ1n) is 30.2. The molecule has 0 saturated carbocycles. The van der Waals surface area contributed by atoms with Gasteiger partial charge in [0.1, 0.15) is 48.8 Å². The van der Waals surface area contributed by atoms with Crippen molar-refractivity contribution in [2.75, 3.05) is 19.8 Å². The van der Waals surface area contributed by atoms with Crippen molar-refractivity contribution < 1.29 is 64.6 Å². The van der Waals surface area contributed by atoms with Crippen LogP contribution in [0.4, 0.5) is 0 Å². The fourth-order valence-electron chi connectivity index (χ4n) is 9.51. The zero-order valence-corrected chi connectivity index (χ0v) is 47.2. The summed E-state index contributed by atoms with van der Waals surface area (Å²) in [5.41, 5.74) is 0. The van der Waals surface area contributed by atoms with Crippen molar-refractivity contribution in [1.29, 1.82) is 0 Å². The topological polar surface area (TPSA) is 228 Å². The van der Waals surface area contributed by atoms with Crippen LogP contribution in [0.25, 0.3) is 0 Å². The maximum atomic E-state index is 13.2. The molecule has 76 heavy (non-hydrogen) atoms. The van der Waals surface area contributed by atoms with Gasteiger partial charge in [-0.1, -0.05) is 209 Å². The highest BCUT2D eigenvalue weighted by Gasteiger charge is 2.51. The van der Waals surface area contributed by atoms with Gasteiger partial charge in [0.25, 0.3) is 0 Å². The SMILES string of the molecule is CC/C=C\C/C=C\C/C=C\CCCCCCCCCC(=O)NC(COC1OC(CO)C(OC2OC(CO)C(O)C(O)C2O)C(O)C1O)C(O)/C=C/CC/C=C/CC/C=C/CCCCCCCCCCCCCCCCC. The van der Waals surface area contributed by atoms with Crippen LogP contribution in [0.2, 0.25) is 0 Å². The van der Waals surface area contributed by atoms with Gasteiger partial charge in [0.05, 0.1) is 32.0 Å². The average Bonchev–Trinajstić information content (AvgIpc) is 3.42. The van der Waals surface area contributed by atoms with E-state index in [0.29, 0.717) is 12.8 Å². The molecule has 1 amide bonds. The molecule has 2 fully saturated rings. The largest absolute Gasteiger partial charge is 0.394 e. The Morgan fingerprint density at radius 2 is 0.921 bits per heavy atom. The summed E-state index contributed by atoms with van der Waals surface area (Å²) < 4.78 is 22.7. The second kappa shape index (κ2) is 47.3. The van der Waals surface area contributed by atoms with E-state index < -0.39 is 86.8 Å². The molecule has 0 aromatic carbocycles. The highest BCUT2D eigenvalue weighted by atomic mass is 16.7. The molecular weight excluding hydrogens is 967 g/mol. The van der Waals surface area contributed by atoms with E-state index >= 15 is 0 Å². The first kappa shape index (κ1) is 69.5. The van der Waals surface area contributed by atoms with E-state index in [-0.39, 0.29) is 18.9 Å². The number of amides is 1. The van der Waals surface area contributed by atoms with Crippen molar-refractivity contribution >= 4 is 5.91 Å². The van der Waals surface area contributed by atoms with Gasteiger partial charge in [-0.2, -0.15) is 0 Å². The van der Waals surface area contributed by atoms with E-state index in [9.17, 15) is 45.6 Å². The van der Waals surface area contributed by atoms with Gasteiger partial charge >= 0.3 is 0 Å². The molecule has 440 valence electrons. The Morgan fingerprint density at radius 3 is 1.45 bits per heavy atom. The minimum atomic E-state index is -1.80. The van der Waals surface area contributed by atoms with Crippen molar-refractivity contribution in [3.8, 4) is 0 Å². The van der Waals surface area contributed by atoms with Gasteiger partial charge < -0.3 is 65.1 Å². The third-order valence-corrected chi connectivity index (χ3v) is 14.4. The molecule has 0 aromatic rings. The van der Waals surface area contributed by atoms with Crippen LogP contribution >= 0.6 is 0 Å². The number of allylic oxidation sites excluding steroid dienone is 11. The quantitative estimate of drug-likeness (QED) is 0.0204. The van der Waals surface area contributed by atoms with E-state index in [1.165, 1.54) is 103 Å². The van der Waals surface area contributed by atoms with Crippen molar-refractivity contribution in [2.24, 2.45) is 0 Å². The van der Waals surface area contributed by atoms with Gasteiger partial charge in [0.2, 0.25) is 5.91 Å². The number of hydrogen-bond donors (Lipinski definition) is 9. The Bertz CT molecular complexity index is 1550. The van der Waals surface area contributed by atoms with Gasteiger partial charge in [-0.3, -0.25) is 4.79 Å². The molecule has 2 aliphatic rings. The Hall–Kier alpha value is -2.57. The molecule has 12 unspecified atom stereocenters. The van der Waals surface area contributed by atoms with Crippen molar-refractivity contribution in [1.82, 2.24) is 5.32 Å². The molecule has 2 saturated heterocycles. The maximum Gasteiger partial charge on any atom is 0.220 e. The lowest BCUT2D eigenvalue weighted by Gasteiger charge is -2.46. The summed E-state index contributed by atoms with van der Waals surface area (Å²) in [6.07, 6.45) is 45.2. The summed E-state index contributed by atoms with van der Waals surface area (Å²) in [6, 6.07) is -0.947. The Kier molecular flexibility index (Phi) is 43.2. The first-order valence-corrected chi connectivity index (χ1v) is 30.2. The number of ether oxygens (including phenoxy) is 4. The summed E-state index contributed by atoms with van der Waals surface area (Å²) in [5, 5.41) is 87.1. The van der Waals surface area contributed by atoms with Crippen molar-refractivity contribution in [3.63, 3.8) is 0 Å². The summed E-state index contributed by atoms with van der Waals surface area (Å²) in [6.45, 7) is 2.66. The average molecular weight is 1080 g/mol. The lowest BCUT2D eigenvalue weighted by atomic mass is 9.97. The predicted molar refractivity (Wildman–Crippen MR) is 304 cm³/mol. The minimum Gasteiger partial charge on any atom is -0.394 e. The number of aliphatic hydroxyl groups excluding tert-OH is 8. The maximum absolute atomic E-state index is 13.2. The molecular formula is C62H109NO13. The van der Waals surface area contributed by atoms with E-state index in [4.69, 9.17) is 18.9 Å². The highest BCUT2D eigenvalue weighted by Crippen LogP contribution is 2.30. The Balaban J connectivity index is 1.79. The number of nitrogens with one attached hydrogen (secondary N) is 1. The molecule has 12 atom stereocenters. The predicted octanol–water partition coefficient (Wildman–Crippen LogP) is 10.3. The van der Waals surface area contributed by atoms with Crippen LogP contribution in [0, 0.1) is 0 Å². The Labute approximate surface area is 459 Å². The lowest BCUT2D eigenvalue weighted by Crippen LogP contribution is -2.65. The molecule has 9 N–H and O–H groups in total. The van der Waals surface area contributed by atoms with Gasteiger partial charge in [-0.25, -0.2) is 0 Å². The number of carbonyl (C=O) groups excluding carboxylic acids is 1. The van der Waals surface area contributed by atoms with E-state index in [1.54, 1.807) is 6.08 Å². The van der Waals surface area contributed by atoms with Crippen LogP contribution < -0.4 is 5.32 Å².